The Balaban J connectivity index is 1.84. The molecule has 0 spiro atoms. The first-order valence-electron chi connectivity index (χ1n) is 8.09. The van der Waals surface area contributed by atoms with E-state index >= 15 is 0 Å². The van der Waals surface area contributed by atoms with Crippen molar-refractivity contribution in [2.45, 2.75) is 6.61 Å². The minimum atomic E-state index is -1.12. The molecule has 0 aliphatic carbocycles. The smallest absolute Gasteiger partial charge is 0.337 e. The second kappa shape index (κ2) is 8.01. The minimum absolute atomic E-state index is 0.0243. The van der Waals surface area contributed by atoms with E-state index < -0.39 is 10.9 Å². The topological polar surface area (TPSA) is 102 Å². The van der Waals surface area contributed by atoms with Gasteiger partial charge in [0, 0.05) is 0 Å². The molecule has 0 fully saturated rings. The van der Waals surface area contributed by atoms with Gasteiger partial charge in [0.15, 0.2) is 0 Å². The average molecular weight is 364 g/mol. The quantitative estimate of drug-likeness (QED) is 0.469. The number of nitrogens with one attached hydrogen (secondary N) is 1. The average Bonchev–Trinajstić information content (AvgIpc) is 2.68. The number of carboxylic acids is 1. The third-order valence-electron chi connectivity index (χ3n) is 3.84. The second-order valence-electron chi connectivity index (χ2n) is 5.69. The van der Waals surface area contributed by atoms with Crippen molar-refractivity contribution in [1.29, 1.82) is 0 Å². The Kier molecular flexibility index (Phi) is 5.32. The lowest BCUT2D eigenvalue weighted by Gasteiger charge is -2.11. The lowest BCUT2D eigenvalue weighted by atomic mass is 10.1. The summed E-state index contributed by atoms with van der Waals surface area (Å²) in [6.07, 6.45) is 0. The first-order valence-corrected chi connectivity index (χ1v) is 8.09. The normalized spacial score (nSPS) is 10.2. The van der Waals surface area contributed by atoms with Crippen LogP contribution in [0.3, 0.4) is 0 Å². The Bertz CT molecular complexity index is 973. The Labute approximate surface area is 155 Å². The largest absolute Gasteiger partial charge is 0.489 e. The van der Waals surface area contributed by atoms with Crippen molar-refractivity contribution < 1.29 is 19.6 Å². The van der Waals surface area contributed by atoms with Gasteiger partial charge in [-0.3, -0.25) is 10.1 Å². The minimum Gasteiger partial charge on any atom is -0.489 e. The standard InChI is InChI=1S/C20H16N2O5/c23-20(24)16-8-4-5-9-17(16)21-18-11-10-15(12-19(18)22(25)26)27-13-14-6-2-1-3-7-14/h1-12,21H,13H2,(H,23,24). The van der Waals surface area contributed by atoms with Crippen LogP contribution in [0.4, 0.5) is 17.1 Å². The number of carbonyl (C=O) groups is 1. The molecule has 0 aliphatic heterocycles. The number of ether oxygens (including phenoxy) is 1. The number of benzene rings is 3. The molecule has 27 heavy (non-hydrogen) atoms. The predicted molar refractivity (Wildman–Crippen MR) is 101 cm³/mol. The van der Waals surface area contributed by atoms with E-state index in [-0.39, 0.29) is 29.2 Å². The number of hydrogen-bond acceptors (Lipinski definition) is 5. The monoisotopic (exact) mass is 364 g/mol. The van der Waals surface area contributed by atoms with E-state index in [1.807, 2.05) is 30.3 Å². The summed E-state index contributed by atoms with van der Waals surface area (Å²) in [5.74, 6) is -0.772. The number of nitro benzene ring substituents is 1. The van der Waals surface area contributed by atoms with Gasteiger partial charge in [-0.15, -0.1) is 0 Å². The molecule has 0 atom stereocenters. The molecule has 3 aromatic rings. The molecule has 0 unspecified atom stereocenters. The molecule has 2 N–H and O–H groups in total. The summed E-state index contributed by atoms with van der Waals surface area (Å²) in [5, 5.41) is 23.5. The molecule has 3 aromatic carbocycles. The Morgan fingerprint density at radius 1 is 1.00 bits per heavy atom. The molecular weight excluding hydrogens is 348 g/mol. The number of hydrogen-bond donors (Lipinski definition) is 2. The number of carboxylic acid groups (broad SMARTS) is 1. The molecule has 7 heteroatoms. The molecule has 0 saturated heterocycles. The maximum absolute atomic E-state index is 11.5. The molecule has 0 heterocycles. The highest BCUT2D eigenvalue weighted by atomic mass is 16.6. The van der Waals surface area contributed by atoms with Gasteiger partial charge in [0.2, 0.25) is 0 Å². The van der Waals surface area contributed by atoms with Gasteiger partial charge in [-0.25, -0.2) is 4.79 Å². The number of rotatable bonds is 7. The molecule has 0 aliphatic rings. The van der Waals surface area contributed by atoms with Crippen LogP contribution in [-0.4, -0.2) is 16.0 Å². The molecule has 3 rings (SSSR count). The zero-order chi connectivity index (χ0) is 19.2. The predicted octanol–water partition coefficient (Wildman–Crippen LogP) is 4.62. The summed E-state index contributed by atoms with van der Waals surface area (Å²) < 4.78 is 5.62. The van der Waals surface area contributed by atoms with Gasteiger partial charge < -0.3 is 15.2 Å². The lowest BCUT2D eigenvalue weighted by Crippen LogP contribution is -2.04. The number of nitrogens with zero attached hydrogens (tertiary/aromatic N) is 1. The van der Waals surface area contributed by atoms with Crippen molar-refractivity contribution in [3.05, 3.63) is 94.0 Å². The first-order chi connectivity index (χ1) is 13.0. The van der Waals surface area contributed by atoms with Crippen molar-refractivity contribution >= 4 is 23.0 Å². The zero-order valence-electron chi connectivity index (χ0n) is 14.2. The van der Waals surface area contributed by atoms with Gasteiger partial charge in [0.25, 0.3) is 5.69 Å². The summed E-state index contributed by atoms with van der Waals surface area (Å²) >= 11 is 0. The highest BCUT2D eigenvalue weighted by Gasteiger charge is 2.18. The molecular formula is C20H16N2O5. The summed E-state index contributed by atoms with van der Waals surface area (Å²) in [7, 11) is 0. The van der Waals surface area contributed by atoms with Crippen LogP contribution in [0.5, 0.6) is 5.75 Å². The van der Waals surface area contributed by atoms with Crippen molar-refractivity contribution in [3.8, 4) is 5.75 Å². The number of aromatic carboxylic acids is 1. The van der Waals surface area contributed by atoms with E-state index in [9.17, 15) is 20.0 Å². The molecule has 0 amide bonds. The van der Waals surface area contributed by atoms with E-state index in [1.165, 1.54) is 18.2 Å². The Hall–Kier alpha value is -3.87. The third kappa shape index (κ3) is 4.40. The Morgan fingerprint density at radius 3 is 2.41 bits per heavy atom. The van der Waals surface area contributed by atoms with Crippen molar-refractivity contribution in [3.63, 3.8) is 0 Å². The fourth-order valence-electron chi connectivity index (χ4n) is 2.52. The van der Waals surface area contributed by atoms with Gasteiger partial charge >= 0.3 is 5.97 Å². The van der Waals surface area contributed by atoms with Crippen molar-refractivity contribution in [2.75, 3.05) is 5.32 Å². The van der Waals surface area contributed by atoms with Crippen LogP contribution >= 0.6 is 0 Å². The van der Waals surface area contributed by atoms with Gasteiger partial charge in [0.05, 0.1) is 22.2 Å². The molecule has 0 aromatic heterocycles. The molecule has 0 radical (unpaired) electrons. The molecule has 0 bridgehead atoms. The highest BCUT2D eigenvalue weighted by Crippen LogP contribution is 2.32. The maximum Gasteiger partial charge on any atom is 0.337 e. The molecule has 0 saturated carbocycles. The maximum atomic E-state index is 11.5. The van der Waals surface area contributed by atoms with E-state index in [4.69, 9.17) is 4.74 Å². The van der Waals surface area contributed by atoms with Crippen LogP contribution in [-0.2, 0) is 6.61 Å². The second-order valence-corrected chi connectivity index (χ2v) is 5.69. The van der Waals surface area contributed by atoms with E-state index in [2.05, 4.69) is 5.32 Å². The first kappa shape index (κ1) is 17.9. The van der Waals surface area contributed by atoms with Gasteiger partial charge in [0.1, 0.15) is 18.0 Å². The van der Waals surface area contributed by atoms with Gasteiger partial charge in [-0.05, 0) is 29.8 Å². The van der Waals surface area contributed by atoms with Gasteiger partial charge in [-0.1, -0.05) is 42.5 Å². The van der Waals surface area contributed by atoms with E-state index in [0.717, 1.165) is 5.56 Å². The molecule has 7 nitrogen and oxygen atoms in total. The van der Waals surface area contributed by atoms with Crippen molar-refractivity contribution in [1.82, 2.24) is 0 Å². The number of para-hydroxylation sites is 1. The summed E-state index contributed by atoms with van der Waals surface area (Å²) in [4.78, 5) is 22.2. The fraction of sp³-hybridized carbons (Fsp3) is 0.0500. The Morgan fingerprint density at radius 2 is 1.70 bits per heavy atom. The van der Waals surface area contributed by atoms with E-state index in [0.29, 0.717) is 5.75 Å². The van der Waals surface area contributed by atoms with Crippen LogP contribution < -0.4 is 10.1 Å². The SMILES string of the molecule is O=C(O)c1ccccc1Nc1ccc(OCc2ccccc2)cc1[N+](=O)[O-]. The van der Waals surface area contributed by atoms with Crippen LogP contribution in [0, 0.1) is 10.1 Å². The lowest BCUT2D eigenvalue weighted by molar-refractivity contribution is -0.384. The number of nitro groups is 1. The fourth-order valence-corrected chi connectivity index (χ4v) is 2.52. The van der Waals surface area contributed by atoms with Crippen LogP contribution in [0.2, 0.25) is 0 Å². The van der Waals surface area contributed by atoms with Crippen LogP contribution in [0.25, 0.3) is 0 Å². The zero-order valence-corrected chi connectivity index (χ0v) is 14.2. The highest BCUT2D eigenvalue weighted by molar-refractivity contribution is 5.95. The van der Waals surface area contributed by atoms with E-state index in [1.54, 1.807) is 24.3 Å². The summed E-state index contributed by atoms with van der Waals surface area (Å²) in [6, 6.07) is 20.1. The van der Waals surface area contributed by atoms with Gasteiger partial charge in [-0.2, -0.15) is 0 Å². The summed E-state index contributed by atoms with van der Waals surface area (Å²) in [6.45, 7) is 0.284. The number of anilines is 2. The van der Waals surface area contributed by atoms with Crippen LogP contribution in [0.15, 0.2) is 72.8 Å². The third-order valence-corrected chi connectivity index (χ3v) is 3.84. The molecule has 136 valence electrons. The van der Waals surface area contributed by atoms with Crippen molar-refractivity contribution in [2.24, 2.45) is 0 Å². The van der Waals surface area contributed by atoms with Crippen LogP contribution in [0.1, 0.15) is 15.9 Å². The summed E-state index contributed by atoms with van der Waals surface area (Å²) in [5.41, 5.74) is 1.21.